The van der Waals surface area contributed by atoms with Crippen LogP contribution in [0.2, 0.25) is 10.0 Å². The minimum atomic E-state index is 0.504. The van der Waals surface area contributed by atoms with Crippen molar-refractivity contribution in [3.8, 4) is 11.3 Å². The van der Waals surface area contributed by atoms with Gasteiger partial charge in [0.1, 0.15) is 11.5 Å². The van der Waals surface area contributed by atoms with Crippen molar-refractivity contribution in [2.24, 2.45) is 5.10 Å². The number of halogens is 2. The van der Waals surface area contributed by atoms with Crippen molar-refractivity contribution in [1.29, 1.82) is 0 Å². The summed E-state index contributed by atoms with van der Waals surface area (Å²) in [4.78, 5) is 1.54. The molecule has 2 heterocycles. The molecule has 0 bridgehead atoms. The van der Waals surface area contributed by atoms with Crippen LogP contribution in [0.3, 0.4) is 0 Å². The highest BCUT2D eigenvalue weighted by Gasteiger charge is 2.14. The summed E-state index contributed by atoms with van der Waals surface area (Å²) in [6, 6.07) is 9.27. The maximum absolute atomic E-state index is 6.21. The molecule has 0 spiro atoms. The number of hydrazone groups is 1. The highest BCUT2D eigenvalue weighted by Crippen LogP contribution is 2.34. The first-order chi connectivity index (χ1) is 10.6. The molecule has 1 N–H and O–H groups in total. The SMILES string of the molecule is C[NH+]1CCN(/N=C\c2ccc(-c3cccc(Cl)c3Cl)o2)CC1. The van der Waals surface area contributed by atoms with Crippen LogP contribution in [0.5, 0.6) is 0 Å². The molecule has 1 fully saturated rings. The number of benzene rings is 1. The van der Waals surface area contributed by atoms with Crippen molar-refractivity contribution in [2.75, 3.05) is 33.2 Å². The summed E-state index contributed by atoms with van der Waals surface area (Å²) in [6.45, 7) is 4.16. The summed E-state index contributed by atoms with van der Waals surface area (Å²) in [7, 11) is 2.20. The van der Waals surface area contributed by atoms with E-state index in [4.69, 9.17) is 27.6 Å². The Labute approximate surface area is 139 Å². The zero-order chi connectivity index (χ0) is 15.5. The van der Waals surface area contributed by atoms with E-state index in [1.54, 1.807) is 17.2 Å². The van der Waals surface area contributed by atoms with Gasteiger partial charge >= 0.3 is 0 Å². The van der Waals surface area contributed by atoms with Gasteiger partial charge in [-0.3, -0.25) is 5.01 Å². The zero-order valence-corrected chi connectivity index (χ0v) is 13.9. The molecular formula is C16H18Cl2N3O+. The number of hydrogen-bond acceptors (Lipinski definition) is 3. The van der Waals surface area contributed by atoms with E-state index >= 15 is 0 Å². The fourth-order valence-electron chi connectivity index (χ4n) is 2.39. The molecule has 1 saturated heterocycles. The van der Waals surface area contributed by atoms with E-state index in [1.165, 1.54) is 0 Å². The largest absolute Gasteiger partial charge is 0.455 e. The molecule has 22 heavy (non-hydrogen) atoms. The predicted molar refractivity (Wildman–Crippen MR) is 90.0 cm³/mol. The molecule has 0 aliphatic carbocycles. The second-order valence-electron chi connectivity index (χ2n) is 5.46. The molecule has 0 radical (unpaired) electrons. The molecule has 6 heteroatoms. The highest BCUT2D eigenvalue weighted by molar-refractivity contribution is 6.43. The van der Waals surface area contributed by atoms with Crippen molar-refractivity contribution in [2.45, 2.75) is 0 Å². The maximum Gasteiger partial charge on any atom is 0.147 e. The fourth-order valence-corrected chi connectivity index (χ4v) is 2.79. The Morgan fingerprint density at radius 3 is 2.73 bits per heavy atom. The van der Waals surface area contributed by atoms with E-state index in [2.05, 4.69) is 17.2 Å². The number of rotatable bonds is 3. The number of quaternary nitrogens is 1. The molecule has 0 amide bonds. The highest BCUT2D eigenvalue weighted by atomic mass is 35.5. The van der Waals surface area contributed by atoms with Crippen molar-refractivity contribution in [3.05, 3.63) is 46.1 Å². The average molecular weight is 339 g/mol. The first kappa shape index (κ1) is 15.4. The van der Waals surface area contributed by atoms with Gasteiger partial charge in [-0.2, -0.15) is 5.10 Å². The lowest BCUT2D eigenvalue weighted by Gasteiger charge is -2.27. The van der Waals surface area contributed by atoms with Crippen LogP contribution >= 0.6 is 23.2 Å². The molecule has 0 unspecified atom stereocenters. The molecule has 1 aromatic carbocycles. The Morgan fingerprint density at radius 2 is 1.95 bits per heavy atom. The van der Waals surface area contributed by atoms with Crippen LogP contribution in [0.15, 0.2) is 39.9 Å². The first-order valence-electron chi connectivity index (χ1n) is 7.28. The van der Waals surface area contributed by atoms with Gasteiger partial charge in [0.15, 0.2) is 0 Å². The number of nitrogens with zero attached hydrogens (tertiary/aromatic N) is 2. The van der Waals surface area contributed by atoms with Crippen LogP contribution in [0, 0.1) is 0 Å². The Hall–Kier alpha value is -1.49. The van der Waals surface area contributed by atoms with E-state index in [0.29, 0.717) is 21.6 Å². The summed E-state index contributed by atoms with van der Waals surface area (Å²) in [6.07, 6.45) is 1.75. The van der Waals surface area contributed by atoms with Gasteiger partial charge in [0, 0.05) is 5.56 Å². The minimum Gasteiger partial charge on any atom is -0.455 e. The van der Waals surface area contributed by atoms with E-state index in [0.717, 1.165) is 31.7 Å². The van der Waals surface area contributed by atoms with Crippen LogP contribution in [0.4, 0.5) is 0 Å². The molecule has 1 aliphatic rings. The number of piperazine rings is 1. The van der Waals surface area contributed by atoms with Gasteiger partial charge in [0.2, 0.25) is 0 Å². The predicted octanol–water partition coefficient (Wildman–Crippen LogP) is 2.42. The van der Waals surface area contributed by atoms with Crippen LogP contribution in [-0.2, 0) is 0 Å². The molecule has 116 valence electrons. The average Bonchev–Trinajstić information content (AvgIpc) is 2.98. The monoisotopic (exact) mass is 338 g/mol. The molecule has 1 aromatic heterocycles. The summed E-state index contributed by atoms with van der Waals surface area (Å²) in [5, 5.41) is 7.57. The van der Waals surface area contributed by atoms with Gasteiger partial charge < -0.3 is 9.32 Å². The van der Waals surface area contributed by atoms with Crippen LogP contribution in [0.1, 0.15) is 5.76 Å². The fraction of sp³-hybridized carbons (Fsp3) is 0.312. The van der Waals surface area contributed by atoms with E-state index < -0.39 is 0 Å². The van der Waals surface area contributed by atoms with Gasteiger partial charge in [0.25, 0.3) is 0 Å². The van der Waals surface area contributed by atoms with Crippen molar-refractivity contribution in [1.82, 2.24) is 5.01 Å². The lowest BCUT2D eigenvalue weighted by Crippen LogP contribution is -3.11. The molecule has 3 rings (SSSR count). The molecule has 0 atom stereocenters. The third-order valence-corrected chi connectivity index (χ3v) is 4.60. The Morgan fingerprint density at radius 1 is 1.18 bits per heavy atom. The number of hydrogen-bond donors (Lipinski definition) is 1. The zero-order valence-electron chi connectivity index (χ0n) is 12.4. The van der Waals surface area contributed by atoms with Crippen LogP contribution in [-0.4, -0.2) is 44.5 Å². The van der Waals surface area contributed by atoms with Crippen molar-refractivity contribution < 1.29 is 9.32 Å². The molecular weight excluding hydrogens is 321 g/mol. The van der Waals surface area contributed by atoms with E-state index in [9.17, 15) is 0 Å². The van der Waals surface area contributed by atoms with Crippen LogP contribution in [0.25, 0.3) is 11.3 Å². The van der Waals surface area contributed by atoms with Gasteiger partial charge in [-0.05, 0) is 24.3 Å². The second-order valence-corrected chi connectivity index (χ2v) is 6.24. The normalized spacial score (nSPS) is 16.6. The molecule has 0 saturated carbocycles. The molecule has 2 aromatic rings. The number of furan rings is 1. The second kappa shape index (κ2) is 6.73. The minimum absolute atomic E-state index is 0.504. The van der Waals surface area contributed by atoms with Gasteiger partial charge in [-0.25, -0.2) is 0 Å². The smallest absolute Gasteiger partial charge is 0.147 e. The number of likely N-dealkylation sites (N-methyl/N-ethyl adjacent to an activating group) is 1. The van der Waals surface area contributed by atoms with Crippen LogP contribution < -0.4 is 4.90 Å². The quantitative estimate of drug-likeness (QED) is 0.872. The van der Waals surface area contributed by atoms with E-state index in [1.807, 2.05) is 24.3 Å². The Bertz CT molecular complexity index is 676. The summed E-state index contributed by atoms with van der Waals surface area (Å²) in [5.74, 6) is 1.40. The summed E-state index contributed by atoms with van der Waals surface area (Å²) < 4.78 is 5.79. The third-order valence-electron chi connectivity index (χ3n) is 3.79. The standard InChI is InChI=1S/C16H17Cl2N3O/c1-20-7-9-21(10-8-20)19-11-12-5-6-15(22-12)13-3-2-4-14(17)16(13)18/h2-6,11H,7-10H2,1H3/p+1/b19-11-. The Kier molecular flexibility index (Phi) is 4.71. The van der Waals surface area contributed by atoms with Gasteiger partial charge in [-0.15, -0.1) is 0 Å². The lowest BCUT2D eigenvalue weighted by molar-refractivity contribution is -0.884. The molecule has 4 nitrogen and oxygen atoms in total. The van der Waals surface area contributed by atoms with Gasteiger partial charge in [-0.1, -0.05) is 29.3 Å². The van der Waals surface area contributed by atoms with Crippen molar-refractivity contribution >= 4 is 29.4 Å². The first-order valence-corrected chi connectivity index (χ1v) is 8.03. The topological polar surface area (TPSA) is 33.2 Å². The lowest BCUT2D eigenvalue weighted by atomic mass is 10.2. The maximum atomic E-state index is 6.21. The summed E-state index contributed by atoms with van der Waals surface area (Å²) >= 11 is 12.2. The van der Waals surface area contributed by atoms with E-state index in [-0.39, 0.29) is 0 Å². The number of nitrogens with one attached hydrogen (secondary N) is 1. The molecule has 1 aliphatic heterocycles. The third kappa shape index (κ3) is 3.46. The Balaban J connectivity index is 1.72. The summed E-state index contributed by atoms with van der Waals surface area (Å²) in [5.41, 5.74) is 0.789. The van der Waals surface area contributed by atoms with Gasteiger partial charge in [0.05, 0.1) is 49.5 Å². The van der Waals surface area contributed by atoms with Crippen molar-refractivity contribution in [3.63, 3.8) is 0 Å².